The van der Waals surface area contributed by atoms with Crippen LogP contribution in [-0.2, 0) is 14.8 Å². The van der Waals surface area contributed by atoms with Crippen molar-refractivity contribution in [3.63, 3.8) is 0 Å². The van der Waals surface area contributed by atoms with E-state index in [1.165, 1.54) is 17.5 Å². The van der Waals surface area contributed by atoms with Gasteiger partial charge in [0.25, 0.3) is 15.7 Å². The average Bonchev–Trinajstić information content (AvgIpc) is 3.00. The molecule has 0 fully saturated rings. The van der Waals surface area contributed by atoms with Crippen LogP contribution < -0.4 is 4.31 Å². The molecule has 0 atom stereocenters. The number of nitrogens with zero attached hydrogens (tertiary/aromatic N) is 2. The molecule has 1 N–H and O–H groups in total. The van der Waals surface area contributed by atoms with Gasteiger partial charge >= 0.3 is 5.97 Å². The van der Waals surface area contributed by atoms with Crippen molar-refractivity contribution in [2.45, 2.75) is 4.21 Å². The predicted octanol–water partition coefficient (Wildman–Crippen LogP) is 2.59. The fourth-order valence-corrected chi connectivity index (χ4v) is 4.55. The van der Waals surface area contributed by atoms with Crippen LogP contribution in [0.15, 0.2) is 39.9 Å². The molecule has 1 aromatic heterocycles. The molecular weight excluding hydrogens is 368 g/mol. The Morgan fingerprint density at radius 3 is 2.61 bits per heavy atom. The Hall–Kier alpha value is -2.17. The fourth-order valence-electron chi connectivity index (χ4n) is 1.75. The van der Waals surface area contributed by atoms with Crippen molar-refractivity contribution in [2.75, 3.05) is 10.8 Å². The lowest BCUT2D eigenvalue weighted by atomic mass is 10.3. The molecule has 1 aromatic carbocycles. The van der Waals surface area contributed by atoms with E-state index >= 15 is 0 Å². The molecule has 122 valence electrons. The summed E-state index contributed by atoms with van der Waals surface area (Å²) in [5, 5.41) is 21.3. The summed E-state index contributed by atoms with van der Waals surface area (Å²) < 4.78 is 25.7. The number of hydrogen-bond acceptors (Lipinski definition) is 6. The monoisotopic (exact) mass is 376 g/mol. The number of non-ortho nitro benzene ring substituents is 1. The molecule has 0 saturated heterocycles. The normalized spacial score (nSPS) is 11.2. The van der Waals surface area contributed by atoms with Gasteiger partial charge in [-0.1, -0.05) is 17.7 Å². The van der Waals surface area contributed by atoms with Gasteiger partial charge in [0.2, 0.25) is 0 Å². The molecule has 1 heterocycles. The number of anilines is 1. The Kier molecular flexibility index (Phi) is 4.88. The Morgan fingerprint density at radius 2 is 2.09 bits per heavy atom. The molecule has 0 bridgehead atoms. The van der Waals surface area contributed by atoms with E-state index < -0.39 is 33.1 Å². The first-order valence-corrected chi connectivity index (χ1v) is 8.65. The smallest absolute Gasteiger partial charge is 0.324 e. The number of hydrogen-bond donors (Lipinski definition) is 1. The maximum absolute atomic E-state index is 12.6. The van der Waals surface area contributed by atoms with Crippen LogP contribution in [0.2, 0.25) is 5.02 Å². The van der Waals surface area contributed by atoms with Gasteiger partial charge in [0.1, 0.15) is 10.8 Å². The number of sulfonamides is 1. The van der Waals surface area contributed by atoms with E-state index in [4.69, 9.17) is 16.7 Å². The third-order valence-corrected chi connectivity index (χ3v) is 6.18. The second kappa shape index (κ2) is 6.52. The van der Waals surface area contributed by atoms with Crippen molar-refractivity contribution in [2.24, 2.45) is 0 Å². The molecule has 0 amide bonds. The van der Waals surface area contributed by atoms with Gasteiger partial charge in [0.05, 0.1) is 15.6 Å². The number of carbonyl (C=O) groups is 1. The molecular formula is C12H9ClN2O6S2. The van der Waals surface area contributed by atoms with Gasteiger partial charge < -0.3 is 5.11 Å². The van der Waals surface area contributed by atoms with Gasteiger partial charge in [-0.2, -0.15) is 0 Å². The molecule has 0 aliphatic rings. The summed E-state index contributed by atoms with van der Waals surface area (Å²) in [6.07, 6.45) is 0. The molecule has 8 nitrogen and oxygen atoms in total. The van der Waals surface area contributed by atoms with Crippen molar-refractivity contribution in [3.05, 3.63) is 50.8 Å². The van der Waals surface area contributed by atoms with Crippen LogP contribution in [0.1, 0.15) is 0 Å². The van der Waals surface area contributed by atoms with Crippen molar-refractivity contribution in [1.82, 2.24) is 0 Å². The van der Waals surface area contributed by atoms with E-state index in [0.717, 1.165) is 29.5 Å². The molecule has 0 saturated carbocycles. The summed E-state index contributed by atoms with van der Waals surface area (Å²) in [6, 6.07) is 5.97. The lowest BCUT2D eigenvalue weighted by molar-refractivity contribution is -0.384. The second-order valence-electron chi connectivity index (χ2n) is 4.23. The Labute approximate surface area is 139 Å². The standard InChI is InChI=1S/C12H9ClN2O6S2/c13-9-4-3-8(15(18)19)6-10(9)14(7-11(16)17)23(20,21)12-2-1-5-22-12/h1-6H,7H2,(H,16,17). The van der Waals surface area contributed by atoms with Crippen LogP contribution >= 0.6 is 22.9 Å². The number of rotatable bonds is 6. The van der Waals surface area contributed by atoms with E-state index in [0.29, 0.717) is 4.31 Å². The largest absolute Gasteiger partial charge is 0.480 e. The predicted molar refractivity (Wildman–Crippen MR) is 84.6 cm³/mol. The van der Waals surface area contributed by atoms with E-state index in [-0.39, 0.29) is 14.9 Å². The molecule has 0 spiro atoms. The Morgan fingerprint density at radius 1 is 1.39 bits per heavy atom. The van der Waals surface area contributed by atoms with Crippen molar-refractivity contribution < 1.29 is 23.2 Å². The first-order valence-electron chi connectivity index (χ1n) is 5.95. The van der Waals surface area contributed by atoms with Crippen LogP contribution in [0.3, 0.4) is 0 Å². The molecule has 0 aliphatic carbocycles. The molecule has 2 aromatic rings. The van der Waals surface area contributed by atoms with Gasteiger partial charge in [-0.3, -0.25) is 19.2 Å². The van der Waals surface area contributed by atoms with E-state index in [2.05, 4.69) is 0 Å². The van der Waals surface area contributed by atoms with Gasteiger partial charge in [0.15, 0.2) is 0 Å². The molecule has 0 aliphatic heterocycles. The van der Waals surface area contributed by atoms with Crippen molar-refractivity contribution in [3.8, 4) is 0 Å². The van der Waals surface area contributed by atoms with Crippen molar-refractivity contribution >= 4 is 50.3 Å². The first-order chi connectivity index (χ1) is 10.7. The summed E-state index contributed by atoms with van der Waals surface area (Å²) in [7, 11) is -4.21. The highest BCUT2D eigenvalue weighted by molar-refractivity contribution is 7.94. The van der Waals surface area contributed by atoms with Crippen LogP contribution in [-0.4, -0.2) is 31.0 Å². The first kappa shape index (κ1) is 17.2. The number of benzene rings is 1. The van der Waals surface area contributed by atoms with E-state index in [1.807, 2.05) is 0 Å². The Bertz CT molecular complexity index is 850. The minimum atomic E-state index is -4.21. The average molecular weight is 377 g/mol. The van der Waals surface area contributed by atoms with E-state index in [1.54, 1.807) is 0 Å². The summed E-state index contributed by atoms with van der Waals surface area (Å²) >= 11 is 6.83. The van der Waals surface area contributed by atoms with Gasteiger partial charge in [-0.05, 0) is 17.5 Å². The highest BCUT2D eigenvalue weighted by Gasteiger charge is 2.30. The number of aliphatic carboxylic acids is 1. The quantitative estimate of drug-likeness (QED) is 0.611. The molecule has 11 heteroatoms. The zero-order chi connectivity index (χ0) is 17.2. The summed E-state index contributed by atoms with van der Waals surface area (Å²) in [6.45, 7) is -0.916. The van der Waals surface area contributed by atoms with Crippen LogP contribution in [0, 0.1) is 10.1 Å². The lowest BCUT2D eigenvalue weighted by Gasteiger charge is -2.22. The number of nitro groups is 1. The topological polar surface area (TPSA) is 118 Å². The third kappa shape index (κ3) is 3.60. The zero-order valence-corrected chi connectivity index (χ0v) is 13.6. The van der Waals surface area contributed by atoms with Crippen LogP contribution in [0.4, 0.5) is 11.4 Å². The number of nitro benzene ring substituents is 1. The molecule has 0 radical (unpaired) electrons. The van der Waals surface area contributed by atoms with Crippen molar-refractivity contribution in [1.29, 1.82) is 0 Å². The van der Waals surface area contributed by atoms with E-state index in [9.17, 15) is 23.3 Å². The fraction of sp³-hybridized carbons (Fsp3) is 0.0833. The molecule has 0 unspecified atom stereocenters. The van der Waals surface area contributed by atoms with Crippen LogP contribution in [0.25, 0.3) is 0 Å². The number of carboxylic acids is 1. The maximum atomic E-state index is 12.6. The molecule has 2 rings (SSSR count). The minimum Gasteiger partial charge on any atom is -0.480 e. The number of carboxylic acid groups (broad SMARTS) is 1. The minimum absolute atomic E-state index is 0.0960. The van der Waals surface area contributed by atoms with Gasteiger partial charge in [-0.15, -0.1) is 11.3 Å². The van der Waals surface area contributed by atoms with Gasteiger partial charge in [-0.25, -0.2) is 8.42 Å². The lowest BCUT2D eigenvalue weighted by Crippen LogP contribution is -2.35. The van der Waals surface area contributed by atoms with Gasteiger partial charge in [0, 0.05) is 12.1 Å². The summed E-state index contributed by atoms with van der Waals surface area (Å²) in [5.41, 5.74) is -0.669. The number of thiophene rings is 1. The van der Waals surface area contributed by atoms with Crippen LogP contribution in [0.5, 0.6) is 0 Å². The summed E-state index contributed by atoms with van der Waals surface area (Å²) in [5.74, 6) is -1.42. The third-order valence-electron chi connectivity index (χ3n) is 2.73. The highest BCUT2D eigenvalue weighted by Crippen LogP contribution is 2.34. The Balaban J connectivity index is 2.63. The highest BCUT2D eigenvalue weighted by atomic mass is 35.5. The number of halogens is 1. The maximum Gasteiger partial charge on any atom is 0.324 e. The SMILES string of the molecule is O=C(O)CN(c1cc([N+](=O)[O-])ccc1Cl)S(=O)(=O)c1cccs1. The second-order valence-corrected chi connectivity index (χ2v) is 7.67. The molecule has 23 heavy (non-hydrogen) atoms. The zero-order valence-electron chi connectivity index (χ0n) is 11.2. The summed E-state index contributed by atoms with van der Waals surface area (Å²) in [4.78, 5) is 21.2.